The quantitative estimate of drug-likeness (QED) is 0.163. The monoisotopic (exact) mass is 705 g/mol. The third-order valence-electron chi connectivity index (χ3n) is 9.06. The second-order valence-corrected chi connectivity index (χ2v) is 15.2. The number of nitrogens with one attached hydrogen (secondary N) is 1. The average Bonchev–Trinajstić information content (AvgIpc) is 3.57. The van der Waals surface area contributed by atoms with Crippen molar-refractivity contribution in [1.29, 1.82) is 0 Å². The predicted octanol–water partition coefficient (Wildman–Crippen LogP) is 7.81. The Morgan fingerprint density at radius 2 is 1.56 bits per heavy atom. The number of nitrogens with zero attached hydrogens (tertiary/aromatic N) is 2. The molecule has 4 aromatic rings. The summed E-state index contributed by atoms with van der Waals surface area (Å²) >= 11 is 12.8. The van der Waals surface area contributed by atoms with Gasteiger partial charge >= 0.3 is 0 Å². The molecule has 2 amide bonds. The Bertz CT molecular complexity index is 1860. The normalized spacial score (nSPS) is 14.0. The summed E-state index contributed by atoms with van der Waals surface area (Å²) in [6.45, 7) is 5.05. The van der Waals surface area contributed by atoms with Crippen molar-refractivity contribution in [3.05, 3.63) is 129 Å². The minimum Gasteiger partial charge on any atom is -0.352 e. The van der Waals surface area contributed by atoms with Crippen molar-refractivity contribution in [1.82, 2.24) is 10.2 Å². The topological polar surface area (TPSA) is 86.8 Å². The van der Waals surface area contributed by atoms with E-state index in [1.54, 1.807) is 54.6 Å². The molecule has 10 heteroatoms. The fraction of sp³-hybridized carbons (Fsp3) is 0.316. The second-order valence-electron chi connectivity index (χ2n) is 12.5. The van der Waals surface area contributed by atoms with Crippen LogP contribution >= 0.6 is 23.2 Å². The smallest absolute Gasteiger partial charge is 0.264 e. The Morgan fingerprint density at radius 3 is 2.23 bits per heavy atom. The molecule has 1 aliphatic carbocycles. The number of halogens is 2. The zero-order chi connectivity index (χ0) is 34.4. The Hall–Kier alpha value is -3.85. The summed E-state index contributed by atoms with van der Waals surface area (Å²) in [6.07, 6.45) is 4.02. The van der Waals surface area contributed by atoms with Gasteiger partial charge < -0.3 is 10.2 Å². The van der Waals surface area contributed by atoms with Gasteiger partial charge in [-0.25, -0.2) is 8.42 Å². The van der Waals surface area contributed by atoms with E-state index in [2.05, 4.69) is 5.32 Å². The van der Waals surface area contributed by atoms with Crippen LogP contribution in [0.1, 0.15) is 53.5 Å². The zero-order valence-corrected chi connectivity index (χ0v) is 29.8. The van der Waals surface area contributed by atoms with E-state index in [-0.39, 0.29) is 29.8 Å². The number of amides is 2. The number of carbonyl (C=O) groups excluding carboxylic acids is 2. The summed E-state index contributed by atoms with van der Waals surface area (Å²) in [6, 6.07) is 25.5. The molecule has 0 bridgehead atoms. The van der Waals surface area contributed by atoms with Crippen LogP contribution in [0.3, 0.4) is 0 Å². The van der Waals surface area contributed by atoms with E-state index in [9.17, 15) is 18.0 Å². The maximum absolute atomic E-state index is 14.8. The van der Waals surface area contributed by atoms with E-state index in [0.717, 1.165) is 52.2 Å². The maximum Gasteiger partial charge on any atom is 0.264 e. The Kier molecular flexibility index (Phi) is 11.5. The number of hydrogen-bond donors (Lipinski definition) is 1. The second kappa shape index (κ2) is 15.6. The molecule has 1 aliphatic rings. The van der Waals surface area contributed by atoms with Crippen molar-refractivity contribution in [3.8, 4) is 0 Å². The molecule has 1 fully saturated rings. The van der Waals surface area contributed by atoms with Gasteiger partial charge in [0.1, 0.15) is 12.6 Å². The Balaban J connectivity index is 1.61. The molecule has 1 atom stereocenters. The van der Waals surface area contributed by atoms with Crippen molar-refractivity contribution < 1.29 is 18.0 Å². The molecular weight excluding hydrogens is 665 g/mol. The minimum absolute atomic E-state index is 0.0141. The van der Waals surface area contributed by atoms with Gasteiger partial charge in [-0.2, -0.15) is 0 Å². The maximum atomic E-state index is 14.8. The average molecular weight is 707 g/mol. The first kappa shape index (κ1) is 35.5. The highest BCUT2D eigenvalue weighted by atomic mass is 35.5. The molecule has 0 heterocycles. The van der Waals surface area contributed by atoms with Gasteiger partial charge in [-0.15, -0.1) is 0 Å². The first-order chi connectivity index (χ1) is 22.9. The van der Waals surface area contributed by atoms with Crippen molar-refractivity contribution in [2.24, 2.45) is 0 Å². The number of aryl methyl sites for hydroxylation is 2. The fourth-order valence-corrected chi connectivity index (χ4v) is 8.05. The number of benzene rings is 4. The van der Waals surface area contributed by atoms with Crippen LogP contribution in [0.2, 0.25) is 10.0 Å². The lowest BCUT2D eigenvalue weighted by Gasteiger charge is -2.35. The molecule has 0 spiro atoms. The van der Waals surface area contributed by atoms with Gasteiger partial charge in [-0.3, -0.25) is 13.9 Å². The van der Waals surface area contributed by atoms with Crippen LogP contribution in [0.25, 0.3) is 0 Å². The van der Waals surface area contributed by atoms with Crippen LogP contribution in [0.15, 0.2) is 95.9 Å². The van der Waals surface area contributed by atoms with Crippen LogP contribution in [0.5, 0.6) is 0 Å². The molecule has 0 saturated heterocycles. The summed E-state index contributed by atoms with van der Waals surface area (Å²) in [5.74, 6) is -0.830. The summed E-state index contributed by atoms with van der Waals surface area (Å²) < 4.78 is 29.9. The highest BCUT2D eigenvalue weighted by Crippen LogP contribution is 2.30. The third-order valence-corrected chi connectivity index (χ3v) is 11.4. The molecule has 0 aliphatic heterocycles. The van der Waals surface area contributed by atoms with Gasteiger partial charge in [0.2, 0.25) is 11.8 Å². The van der Waals surface area contributed by atoms with Gasteiger partial charge in [0, 0.05) is 29.1 Å². The Labute approximate surface area is 293 Å². The van der Waals surface area contributed by atoms with Crippen molar-refractivity contribution >= 4 is 50.7 Å². The van der Waals surface area contributed by atoms with Crippen molar-refractivity contribution in [2.45, 2.75) is 76.4 Å². The largest absolute Gasteiger partial charge is 0.352 e. The number of sulfonamides is 1. The molecular formula is C38H41Cl2N3O4S. The molecule has 1 saturated carbocycles. The van der Waals surface area contributed by atoms with Crippen molar-refractivity contribution in [2.75, 3.05) is 10.8 Å². The fourth-order valence-electron chi connectivity index (χ4n) is 6.11. The van der Waals surface area contributed by atoms with E-state index in [1.807, 2.05) is 57.2 Å². The van der Waals surface area contributed by atoms with Crippen LogP contribution < -0.4 is 9.62 Å². The number of carbonyl (C=O) groups is 2. The molecule has 0 unspecified atom stereocenters. The first-order valence-electron chi connectivity index (χ1n) is 16.2. The lowest BCUT2D eigenvalue weighted by Crippen LogP contribution is -2.54. The molecule has 48 heavy (non-hydrogen) atoms. The van der Waals surface area contributed by atoms with Gasteiger partial charge in [-0.1, -0.05) is 102 Å². The molecule has 5 rings (SSSR count). The van der Waals surface area contributed by atoms with Gasteiger partial charge in [-0.05, 0) is 86.2 Å². The first-order valence-corrected chi connectivity index (χ1v) is 18.4. The Morgan fingerprint density at radius 1 is 0.875 bits per heavy atom. The molecule has 252 valence electrons. The van der Waals surface area contributed by atoms with E-state index in [1.165, 1.54) is 4.90 Å². The van der Waals surface area contributed by atoms with E-state index < -0.39 is 28.5 Å². The summed E-state index contributed by atoms with van der Waals surface area (Å²) in [7, 11) is -4.21. The molecule has 1 N–H and O–H groups in total. The predicted molar refractivity (Wildman–Crippen MR) is 193 cm³/mol. The van der Waals surface area contributed by atoms with Gasteiger partial charge in [0.15, 0.2) is 0 Å². The van der Waals surface area contributed by atoms with E-state index in [0.29, 0.717) is 21.3 Å². The molecule has 7 nitrogen and oxygen atoms in total. The minimum atomic E-state index is -4.21. The van der Waals surface area contributed by atoms with Crippen LogP contribution in [-0.2, 0) is 32.6 Å². The summed E-state index contributed by atoms with van der Waals surface area (Å²) in [4.78, 5) is 30.5. The van der Waals surface area contributed by atoms with Crippen LogP contribution in [-0.4, -0.2) is 43.8 Å². The standard InChI is InChI=1S/C38H41Cl2N3O4S/c1-26-16-20-33(21-17-26)48(46,47)43(35-15-9-10-27(2)28(35)3)25-37(44)42(24-30-18-19-31(39)23-34(30)40)36(22-29-11-5-4-6-12-29)38(45)41-32-13-7-8-14-32/h4-6,9-12,15-21,23,32,36H,7-8,13-14,22,24-25H2,1-3H3,(H,41,45)/t36-/m0/s1. The molecule has 0 aromatic heterocycles. The molecule has 0 radical (unpaired) electrons. The SMILES string of the molecule is Cc1ccc(S(=O)(=O)N(CC(=O)N(Cc2ccc(Cl)cc2Cl)[C@@H](Cc2ccccc2)C(=O)NC2CCCC2)c2cccc(C)c2C)cc1. The van der Waals surface area contributed by atoms with Crippen LogP contribution in [0, 0.1) is 20.8 Å². The van der Waals surface area contributed by atoms with Gasteiger partial charge in [0.25, 0.3) is 10.0 Å². The van der Waals surface area contributed by atoms with E-state index >= 15 is 0 Å². The summed E-state index contributed by atoms with van der Waals surface area (Å²) in [5.41, 5.74) is 4.36. The lowest BCUT2D eigenvalue weighted by molar-refractivity contribution is -0.140. The highest BCUT2D eigenvalue weighted by molar-refractivity contribution is 7.92. The summed E-state index contributed by atoms with van der Waals surface area (Å²) in [5, 5.41) is 3.97. The van der Waals surface area contributed by atoms with Crippen LogP contribution in [0.4, 0.5) is 5.69 Å². The molecule has 4 aromatic carbocycles. The van der Waals surface area contributed by atoms with Crippen molar-refractivity contribution in [3.63, 3.8) is 0 Å². The number of anilines is 1. The van der Waals surface area contributed by atoms with E-state index in [4.69, 9.17) is 23.2 Å². The third kappa shape index (κ3) is 8.41. The zero-order valence-electron chi connectivity index (χ0n) is 27.5. The highest BCUT2D eigenvalue weighted by Gasteiger charge is 2.36. The lowest BCUT2D eigenvalue weighted by atomic mass is 10.0. The van der Waals surface area contributed by atoms with Gasteiger partial charge in [0.05, 0.1) is 10.6 Å². The number of hydrogen-bond acceptors (Lipinski definition) is 4. The number of rotatable bonds is 12.